The predicted octanol–water partition coefficient (Wildman–Crippen LogP) is 3.16. The van der Waals surface area contributed by atoms with Crippen LogP contribution in [0.5, 0.6) is 5.75 Å². The second-order valence-corrected chi connectivity index (χ2v) is 4.25. The summed E-state index contributed by atoms with van der Waals surface area (Å²) in [5.41, 5.74) is 1.22. The topological polar surface area (TPSA) is 30.5 Å². The van der Waals surface area contributed by atoms with Crippen LogP contribution in [-0.4, -0.2) is 26.9 Å². The molecule has 0 bridgehead atoms. The van der Waals surface area contributed by atoms with Crippen molar-refractivity contribution < 1.29 is 9.47 Å². The van der Waals surface area contributed by atoms with E-state index in [1.807, 2.05) is 19.2 Å². The van der Waals surface area contributed by atoms with Crippen LogP contribution in [0.15, 0.2) is 24.3 Å². The van der Waals surface area contributed by atoms with Crippen LogP contribution in [0.3, 0.4) is 0 Å². The fourth-order valence-electron chi connectivity index (χ4n) is 1.94. The van der Waals surface area contributed by atoms with Gasteiger partial charge in [-0.15, -0.1) is 0 Å². The first-order valence-corrected chi connectivity index (χ1v) is 6.80. The Balaban J connectivity index is 2.53. The summed E-state index contributed by atoms with van der Waals surface area (Å²) in [6.45, 7) is 6.34. The van der Waals surface area contributed by atoms with E-state index < -0.39 is 0 Å². The van der Waals surface area contributed by atoms with Crippen molar-refractivity contribution in [1.82, 2.24) is 5.32 Å². The van der Waals surface area contributed by atoms with Crippen LogP contribution in [0.4, 0.5) is 0 Å². The van der Waals surface area contributed by atoms with E-state index in [1.54, 1.807) is 0 Å². The second-order valence-electron chi connectivity index (χ2n) is 4.25. The van der Waals surface area contributed by atoms with E-state index in [9.17, 15) is 0 Å². The van der Waals surface area contributed by atoms with Crippen LogP contribution in [0, 0.1) is 0 Å². The van der Waals surface area contributed by atoms with Crippen LogP contribution in [0.1, 0.15) is 38.3 Å². The molecule has 0 heterocycles. The Bertz CT molecular complexity index is 324. The normalized spacial score (nSPS) is 12.4. The van der Waals surface area contributed by atoms with Gasteiger partial charge < -0.3 is 14.8 Å². The quantitative estimate of drug-likeness (QED) is 0.684. The average molecular weight is 251 g/mol. The molecule has 0 radical (unpaired) electrons. The summed E-state index contributed by atoms with van der Waals surface area (Å²) in [6, 6.07) is 8.55. The van der Waals surface area contributed by atoms with Gasteiger partial charge in [0.05, 0.1) is 6.61 Å². The summed E-state index contributed by atoms with van der Waals surface area (Å²) in [6.07, 6.45) is 2.09. The lowest BCUT2D eigenvalue weighted by Gasteiger charge is -2.18. The van der Waals surface area contributed by atoms with Gasteiger partial charge in [-0.3, -0.25) is 0 Å². The zero-order valence-electron chi connectivity index (χ0n) is 11.7. The number of nitrogens with one attached hydrogen (secondary N) is 1. The van der Waals surface area contributed by atoms with E-state index in [2.05, 4.69) is 31.3 Å². The van der Waals surface area contributed by atoms with Gasteiger partial charge in [0.1, 0.15) is 12.4 Å². The van der Waals surface area contributed by atoms with Crippen molar-refractivity contribution in [2.24, 2.45) is 0 Å². The van der Waals surface area contributed by atoms with E-state index >= 15 is 0 Å². The smallest absolute Gasteiger partial charge is 0.124 e. The number of rotatable bonds is 9. The molecule has 1 N–H and O–H groups in total. The standard InChI is InChI=1S/C15H25NO2/c1-4-10-17-11-12-18-15-9-7-6-8-13(15)14(5-2)16-3/h6-9,14,16H,4-5,10-12H2,1-3H3. The largest absolute Gasteiger partial charge is 0.491 e. The molecule has 0 aromatic heterocycles. The molecule has 1 unspecified atom stereocenters. The average Bonchev–Trinajstić information content (AvgIpc) is 2.41. The van der Waals surface area contributed by atoms with Crippen LogP contribution >= 0.6 is 0 Å². The highest BCUT2D eigenvalue weighted by molar-refractivity contribution is 5.35. The van der Waals surface area contributed by atoms with Gasteiger partial charge in [0, 0.05) is 18.2 Å². The molecule has 0 spiro atoms. The van der Waals surface area contributed by atoms with Gasteiger partial charge in [-0.2, -0.15) is 0 Å². The Labute approximate surface area is 110 Å². The Hall–Kier alpha value is -1.06. The summed E-state index contributed by atoms with van der Waals surface area (Å²) < 4.78 is 11.2. The number of hydrogen-bond acceptors (Lipinski definition) is 3. The first kappa shape index (κ1) is 15.0. The van der Waals surface area contributed by atoms with Crippen molar-refractivity contribution in [1.29, 1.82) is 0 Å². The van der Waals surface area contributed by atoms with Gasteiger partial charge >= 0.3 is 0 Å². The number of hydrogen-bond donors (Lipinski definition) is 1. The van der Waals surface area contributed by atoms with E-state index in [4.69, 9.17) is 9.47 Å². The molecule has 0 saturated heterocycles. The lowest BCUT2D eigenvalue weighted by Crippen LogP contribution is -2.17. The van der Waals surface area contributed by atoms with Gasteiger partial charge in [-0.1, -0.05) is 32.0 Å². The van der Waals surface area contributed by atoms with Crippen molar-refractivity contribution in [2.45, 2.75) is 32.7 Å². The fraction of sp³-hybridized carbons (Fsp3) is 0.600. The molecule has 0 amide bonds. The van der Waals surface area contributed by atoms with Crippen LogP contribution in [0.2, 0.25) is 0 Å². The van der Waals surface area contributed by atoms with Gasteiger partial charge in [-0.25, -0.2) is 0 Å². The summed E-state index contributed by atoms with van der Waals surface area (Å²) in [4.78, 5) is 0. The lowest BCUT2D eigenvalue weighted by molar-refractivity contribution is 0.100. The van der Waals surface area contributed by atoms with Gasteiger partial charge in [-0.05, 0) is 26.0 Å². The Morgan fingerprint density at radius 1 is 1.11 bits per heavy atom. The molecule has 0 saturated carbocycles. The Morgan fingerprint density at radius 2 is 1.89 bits per heavy atom. The molecular formula is C15H25NO2. The van der Waals surface area contributed by atoms with E-state index in [-0.39, 0.29) is 0 Å². The molecule has 1 aromatic rings. The zero-order valence-corrected chi connectivity index (χ0v) is 11.7. The van der Waals surface area contributed by atoms with Gasteiger partial charge in [0.15, 0.2) is 0 Å². The molecule has 102 valence electrons. The van der Waals surface area contributed by atoms with Gasteiger partial charge in [0.2, 0.25) is 0 Å². The molecule has 0 aliphatic rings. The molecule has 0 aliphatic heterocycles. The maximum Gasteiger partial charge on any atom is 0.124 e. The molecule has 0 fully saturated rings. The molecule has 1 rings (SSSR count). The minimum Gasteiger partial charge on any atom is -0.491 e. The number of benzene rings is 1. The Kier molecular flexibility index (Phi) is 7.46. The molecule has 3 heteroatoms. The lowest BCUT2D eigenvalue weighted by atomic mass is 10.0. The Morgan fingerprint density at radius 3 is 2.56 bits per heavy atom. The van der Waals surface area contributed by atoms with E-state index in [0.29, 0.717) is 19.3 Å². The fourth-order valence-corrected chi connectivity index (χ4v) is 1.94. The molecule has 18 heavy (non-hydrogen) atoms. The minimum atomic E-state index is 0.345. The molecule has 3 nitrogen and oxygen atoms in total. The van der Waals surface area contributed by atoms with Crippen molar-refractivity contribution >= 4 is 0 Å². The monoisotopic (exact) mass is 251 g/mol. The van der Waals surface area contributed by atoms with Gasteiger partial charge in [0.25, 0.3) is 0 Å². The third-order valence-electron chi connectivity index (χ3n) is 2.88. The van der Waals surface area contributed by atoms with Crippen LogP contribution < -0.4 is 10.1 Å². The minimum absolute atomic E-state index is 0.345. The van der Waals surface area contributed by atoms with Crippen LogP contribution in [-0.2, 0) is 4.74 Å². The highest BCUT2D eigenvalue weighted by atomic mass is 16.5. The maximum atomic E-state index is 5.80. The summed E-state index contributed by atoms with van der Waals surface area (Å²) in [5.74, 6) is 0.957. The van der Waals surface area contributed by atoms with Crippen LogP contribution in [0.25, 0.3) is 0 Å². The van der Waals surface area contributed by atoms with Crippen molar-refractivity contribution in [2.75, 3.05) is 26.9 Å². The van der Waals surface area contributed by atoms with Crippen molar-refractivity contribution in [3.63, 3.8) is 0 Å². The maximum absolute atomic E-state index is 5.80. The summed E-state index contributed by atoms with van der Waals surface area (Å²) in [5, 5.41) is 3.31. The van der Waals surface area contributed by atoms with E-state index in [0.717, 1.165) is 25.2 Å². The SMILES string of the molecule is CCCOCCOc1ccccc1C(CC)NC. The molecule has 1 aromatic carbocycles. The van der Waals surface area contributed by atoms with E-state index in [1.165, 1.54) is 5.56 Å². The molecule has 1 atom stereocenters. The second kappa shape index (κ2) is 8.95. The predicted molar refractivity (Wildman–Crippen MR) is 75.1 cm³/mol. The van der Waals surface area contributed by atoms with Crippen molar-refractivity contribution in [3.05, 3.63) is 29.8 Å². The summed E-state index contributed by atoms with van der Waals surface area (Å²) in [7, 11) is 1.98. The molecular weight excluding hydrogens is 226 g/mol. The number of ether oxygens (including phenoxy) is 2. The first-order valence-electron chi connectivity index (χ1n) is 6.80. The number of para-hydroxylation sites is 1. The zero-order chi connectivity index (χ0) is 13.2. The summed E-state index contributed by atoms with van der Waals surface area (Å²) >= 11 is 0. The third-order valence-corrected chi connectivity index (χ3v) is 2.88. The highest BCUT2D eigenvalue weighted by Crippen LogP contribution is 2.26. The third kappa shape index (κ3) is 4.67. The highest BCUT2D eigenvalue weighted by Gasteiger charge is 2.11. The molecule has 0 aliphatic carbocycles. The first-order chi connectivity index (χ1) is 8.83. The van der Waals surface area contributed by atoms with Crippen molar-refractivity contribution in [3.8, 4) is 5.75 Å².